The van der Waals surface area contributed by atoms with Gasteiger partial charge in [-0.25, -0.2) is 14.6 Å². The Bertz CT molecular complexity index is 1590. The molecule has 2 aliphatic carbocycles. The second-order valence-corrected chi connectivity index (χ2v) is 13.7. The van der Waals surface area contributed by atoms with Crippen molar-refractivity contribution in [3.8, 4) is 6.07 Å². The van der Waals surface area contributed by atoms with Crippen LogP contribution in [0.15, 0.2) is 30.5 Å². The van der Waals surface area contributed by atoms with E-state index in [4.69, 9.17) is 4.74 Å². The number of nitriles is 1. The third-order valence-corrected chi connectivity index (χ3v) is 7.94. The fraction of sp³-hybridized carbons (Fsp3) is 0.483. The molecule has 13 nitrogen and oxygen atoms in total. The molecule has 2 aromatic heterocycles. The molecule has 0 spiro atoms. The van der Waals surface area contributed by atoms with E-state index in [0.29, 0.717) is 29.6 Å². The number of ether oxygens (including phenoxy) is 1. The average molecular weight is 609 g/mol. The Morgan fingerprint density at radius 1 is 1.30 bits per heavy atom. The summed E-state index contributed by atoms with van der Waals surface area (Å²) >= 11 is -1.14. The second kappa shape index (κ2) is 11.5. The molecule has 2 fully saturated rings. The van der Waals surface area contributed by atoms with Gasteiger partial charge in [0.2, 0.25) is 0 Å². The Morgan fingerprint density at radius 2 is 2.02 bits per heavy atom. The van der Waals surface area contributed by atoms with Crippen molar-refractivity contribution >= 4 is 52.0 Å². The Morgan fingerprint density at radius 3 is 2.60 bits per heavy atom. The lowest BCUT2D eigenvalue weighted by molar-refractivity contribution is 0.0498. The van der Waals surface area contributed by atoms with Gasteiger partial charge in [-0.2, -0.15) is 14.9 Å². The van der Waals surface area contributed by atoms with E-state index in [9.17, 15) is 24.5 Å². The van der Waals surface area contributed by atoms with Crippen LogP contribution in [0.2, 0.25) is 0 Å². The summed E-state index contributed by atoms with van der Waals surface area (Å²) in [6.07, 6.45) is 4.59. The van der Waals surface area contributed by atoms with Crippen LogP contribution in [-0.4, -0.2) is 73.5 Å². The Balaban J connectivity index is 1.42. The smallest absolute Gasteiger partial charge is 0.413 e. The van der Waals surface area contributed by atoms with Crippen LogP contribution in [0, 0.1) is 11.3 Å². The van der Waals surface area contributed by atoms with E-state index in [1.54, 1.807) is 12.3 Å². The Kier molecular flexibility index (Phi) is 8.06. The summed E-state index contributed by atoms with van der Waals surface area (Å²) in [5, 5.41) is 30.0. The molecule has 228 valence electrons. The predicted molar refractivity (Wildman–Crippen MR) is 163 cm³/mol. The summed E-state index contributed by atoms with van der Waals surface area (Å²) in [5.41, 5.74) is 1.83. The molecule has 0 bridgehead atoms. The van der Waals surface area contributed by atoms with Crippen LogP contribution in [0.3, 0.4) is 0 Å². The molecule has 0 radical (unpaired) electrons. The molecule has 43 heavy (non-hydrogen) atoms. The number of benzene rings is 1. The summed E-state index contributed by atoms with van der Waals surface area (Å²) in [7, 11) is 1.94. The number of nitrogens with zero attached hydrogens (tertiary/aromatic N) is 6. The number of amides is 2. The Hall–Kier alpha value is -4.22. The van der Waals surface area contributed by atoms with E-state index in [2.05, 4.69) is 26.8 Å². The first-order chi connectivity index (χ1) is 20.3. The van der Waals surface area contributed by atoms with Gasteiger partial charge in [0.25, 0.3) is 0 Å². The van der Waals surface area contributed by atoms with E-state index in [-0.39, 0.29) is 17.3 Å². The van der Waals surface area contributed by atoms with Crippen LogP contribution < -0.4 is 20.4 Å². The van der Waals surface area contributed by atoms with Crippen molar-refractivity contribution < 1.29 is 24.0 Å². The molecule has 3 aromatic rings. The lowest BCUT2D eigenvalue weighted by atomic mass is 10.1. The molecule has 1 unspecified atom stereocenters. The van der Waals surface area contributed by atoms with Gasteiger partial charge >= 0.3 is 12.2 Å². The minimum absolute atomic E-state index is 0.161. The number of aromatic nitrogens is 3. The monoisotopic (exact) mass is 608 g/mol. The second-order valence-electron chi connectivity index (χ2n) is 12.2. The van der Waals surface area contributed by atoms with E-state index in [1.807, 2.05) is 50.9 Å². The SMILES string of the molecule is CN(CC1(NC(=O)OC(C)(C)C)CC1)c1ccc(Nc2cc(N(C(=O)O)C3CC3)n3ncc(C#N)c3n2)cc1C[S+](C)[O-]. The number of carboxylic acid groups (broad SMARTS) is 1. The van der Waals surface area contributed by atoms with Crippen molar-refractivity contribution in [1.82, 2.24) is 19.9 Å². The number of nitrogens with one attached hydrogen (secondary N) is 2. The number of hydrogen-bond donors (Lipinski definition) is 3. The Labute approximate surface area is 253 Å². The molecule has 2 saturated carbocycles. The maximum absolute atomic E-state index is 12.4. The van der Waals surface area contributed by atoms with Crippen LogP contribution in [0.1, 0.15) is 57.6 Å². The minimum atomic E-state index is -1.14. The first-order valence-electron chi connectivity index (χ1n) is 14.0. The van der Waals surface area contributed by atoms with Crippen LogP contribution in [-0.2, 0) is 21.7 Å². The topological polar surface area (TPSA) is 171 Å². The molecule has 5 rings (SSSR count). The third kappa shape index (κ3) is 7.06. The van der Waals surface area contributed by atoms with E-state index < -0.39 is 34.5 Å². The minimum Gasteiger partial charge on any atom is -0.616 e. The highest BCUT2D eigenvalue weighted by molar-refractivity contribution is 7.89. The van der Waals surface area contributed by atoms with Crippen molar-refractivity contribution in [2.75, 3.05) is 35.0 Å². The number of carbonyl (C=O) groups is 2. The number of anilines is 4. The maximum atomic E-state index is 12.4. The number of carbonyl (C=O) groups excluding carboxylic acids is 1. The molecule has 14 heteroatoms. The van der Waals surface area contributed by atoms with E-state index >= 15 is 0 Å². The van der Waals surface area contributed by atoms with Gasteiger partial charge in [-0.3, -0.25) is 4.90 Å². The molecule has 1 aromatic carbocycles. The van der Waals surface area contributed by atoms with E-state index in [0.717, 1.165) is 36.9 Å². The molecule has 0 saturated heterocycles. The highest BCUT2D eigenvalue weighted by Crippen LogP contribution is 2.39. The zero-order valence-electron chi connectivity index (χ0n) is 24.9. The first-order valence-corrected chi connectivity index (χ1v) is 15.7. The van der Waals surface area contributed by atoms with Gasteiger partial charge in [-0.15, -0.1) is 0 Å². The fourth-order valence-corrected chi connectivity index (χ4v) is 5.76. The number of hydrogen-bond acceptors (Lipinski definition) is 9. The van der Waals surface area contributed by atoms with Crippen molar-refractivity contribution in [1.29, 1.82) is 5.26 Å². The summed E-state index contributed by atoms with van der Waals surface area (Å²) in [4.78, 5) is 32.5. The molecule has 1 atom stereocenters. The molecular weight excluding hydrogens is 572 g/mol. The van der Waals surface area contributed by atoms with Crippen LogP contribution >= 0.6 is 0 Å². The summed E-state index contributed by atoms with van der Waals surface area (Å²) < 4.78 is 19.2. The summed E-state index contributed by atoms with van der Waals surface area (Å²) in [6.45, 7) is 6.03. The van der Waals surface area contributed by atoms with Crippen molar-refractivity contribution in [3.05, 3.63) is 41.6 Å². The van der Waals surface area contributed by atoms with Crippen LogP contribution in [0.25, 0.3) is 5.65 Å². The first kappa shape index (κ1) is 30.2. The van der Waals surface area contributed by atoms with Crippen molar-refractivity contribution in [3.63, 3.8) is 0 Å². The molecule has 3 N–H and O–H groups in total. The summed E-state index contributed by atoms with van der Waals surface area (Å²) in [6, 6.07) is 9.17. The third-order valence-electron chi connectivity index (χ3n) is 7.22. The molecule has 0 aliphatic heterocycles. The number of likely N-dealkylation sites (N-methyl/N-ethyl adjacent to an activating group) is 1. The maximum Gasteiger partial charge on any atom is 0.413 e. The van der Waals surface area contributed by atoms with Gasteiger partial charge < -0.3 is 29.9 Å². The lowest BCUT2D eigenvalue weighted by Gasteiger charge is -2.29. The fourth-order valence-electron chi connectivity index (χ4n) is 5.09. The molecule has 2 amide bonds. The quantitative estimate of drug-likeness (QED) is 0.281. The van der Waals surface area contributed by atoms with E-state index in [1.165, 1.54) is 15.6 Å². The number of rotatable bonds is 10. The normalized spacial score (nSPS) is 16.2. The van der Waals surface area contributed by atoms with Crippen LogP contribution in [0.5, 0.6) is 0 Å². The van der Waals surface area contributed by atoms with Crippen LogP contribution in [0.4, 0.5) is 32.6 Å². The average Bonchev–Trinajstić information content (AvgIpc) is 3.81. The predicted octanol–water partition coefficient (Wildman–Crippen LogP) is 4.36. The zero-order valence-corrected chi connectivity index (χ0v) is 25.7. The highest BCUT2D eigenvalue weighted by Gasteiger charge is 2.46. The van der Waals surface area contributed by atoms with Gasteiger partial charge in [0, 0.05) is 42.6 Å². The molecular formula is C29H36N8O5S. The number of fused-ring (bicyclic) bond motifs is 1. The summed E-state index contributed by atoms with van der Waals surface area (Å²) in [5.74, 6) is 0.937. The van der Waals surface area contributed by atoms with Crippen molar-refractivity contribution in [2.45, 2.75) is 69.4 Å². The van der Waals surface area contributed by atoms with Gasteiger partial charge in [0.15, 0.2) is 5.65 Å². The zero-order chi connectivity index (χ0) is 31.1. The number of alkyl carbamates (subject to hydrolysis) is 1. The molecule has 2 heterocycles. The highest BCUT2D eigenvalue weighted by atomic mass is 32.2. The standard InChI is InChI=1S/C29H36N8O5S/c1-28(2,3)42-26(38)34-29(10-11-29)17-35(4)22-9-6-20(12-18(22)16-43(5)41)32-23-13-24(36(27(39)40)21-7-8-21)37-25(33-23)19(14-30)15-31-37/h6,9,12-13,15,21H,7-8,10-11,16-17H2,1-5H3,(H,32,33)(H,34,38)(H,39,40). The molecule has 2 aliphatic rings. The van der Waals surface area contributed by atoms with Gasteiger partial charge in [0.1, 0.15) is 34.6 Å². The van der Waals surface area contributed by atoms with Gasteiger partial charge in [-0.05, 0) is 64.7 Å². The van der Waals surface area contributed by atoms with Gasteiger partial charge in [0.05, 0.1) is 18.0 Å². The van der Waals surface area contributed by atoms with Crippen molar-refractivity contribution in [2.24, 2.45) is 0 Å². The van der Waals surface area contributed by atoms with Gasteiger partial charge in [-0.1, -0.05) is 11.2 Å². The lowest BCUT2D eigenvalue weighted by Crippen LogP contribution is -2.46. The largest absolute Gasteiger partial charge is 0.616 e.